The van der Waals surface area contributed by atoms with Gasteiger partial charge in [-0.15, -0.1) is 8.86 Å². The van der Waals surface area contributed by atoms with Gasteiger partial charge in [0, 0.05) is 12.4 Å². The van der Waals surface area contributed by atoms with Crippen molar-refractivity contribution in [1.29, 1.82) is 0 Å². The van der Waals surface area contributed by atoms with Crippen molar-refractivity contribution in [3.8, 4) is 0 Å². The number of aliphatic imine (C=N–C) groups is 1. The fraction of sp³-hybridized carbons (Fsp3) is 0. The van der Waals surface area contributed by atoms with Crippen LogP contribution in [0, 0.1) is 0 Å². The standard InChI is InChI=1S/C6H8NP/c1-2-7-5-3-4-6-8/h2-6,8H,1H2/b4-3-,7-5-. The van der Waals surface area contributed by atoms with E-state index in [1.165, 1.54) is 6.20 Å². The highest BCUT2D eigenvalue weighted by Crippen LogP contribution is 1.67. The molecular formula is C6H8NP. The topological polar surface area (TPSA) is 12.4 Å². The number of allylic oxidation sites excluding steroid dienone is 2. The van der Waals surface area contributed by atoms with E-state index in [2.05, 4.69) is 20.4 Å². The summed E-state index contributed by atoms with van der Waals surface area (Å²) < 4.78 is 0. The maximum atomic E-state index is 3.72. The molecule has 0 fully saturated rings. The first-order chi connectivity index (χ1) is 3.91. The van der Waals surface area contributed by atoms with Crippen molar-refractivity contribution in [2.75, 3.05) is 0 Å². The average molecular weight is 125 g/mol. The van der Waals surface area contributed by atoms with E-state index in [-0.39, 0.29) is 0 Å². The lowest BCUT2D eigenvalue weighted by atomic mass is 10.6. The van der Waals surface area contributed by atoms with Crippen LogP contribution in [0.25, 0.3) is 0 Å². The molecule has 1 nitrogen and oxygen atoms in total. The smallest absolute Gasteiger partial charge is 0.0267 e. The summed E-state index contributed by atoms with van der Waals surface area (Å²) in [5, 5.41) is 0. The van der Waals surface area contributed by atoms with Crippen molar-refractivity contribution >= 4 is 20.9 Å². The molecule has 0 amide bonds. The van der Waals surface area contributed by atoms with Crippen LogP contribution in [0.5, 0.6) is 0 Å². The van der Waals surface area contributed by atoms with Crippen molar-refractivity contribution in [2.24, 2.45) is 4.99 Å². The van der Waals surface area contributed by atoms with Crippen LogP contribution in [0.3, 0.4) is 0 Å². The Bertz CT molecular complexity index is 108. The van der Waals surface area contributed by atoms with Gasteiger partial charge in [0.05, 0.1) is 0 Å². The summed E-state index contributed by atoms with van der Waals surface area (Å²) in [5.74, 6) is 1.75. The minimum absolute atomic E-state index is 1.48. The normalized spacial score (nSPS) is 10.5. The van der Waals surface area contributed by atoms with Crippen molar-refractivity contribution in [3.63, 3.8) is 0 Å². The van der Waals surface area contributed by atoms with Crippen LogP contribution in [-0.4, -0.2) is 12.0 Å². The molecule has 0 saturated carbocycles. The predicted octanol–water partition coefficient (Wildman–Crippen LogP) is 1.70. The summed E-state index contributed by atoms with van der Waals surface area (Å²) in [6, 6.07) is 0. The zero-order chi connectivity index (χ0) is 6.24. The highest BCUT2D eigenvalue weighted by Gasteiger charge is 1.55. The summed E-state index contributed by atoms with van der Waals surface area (Å²) in [5.41, 5.74) is 0. The number of hydrogen-bond acceptors (Lipinski definition) is 1. The lowest BCUT2D eigenvalue weighted by molar-refractivity contribution is 1.63. The summed E-state index contributed by atoms with van der Waals surface area (Å²) >= 11 is 0. The summed E-state index contributed by atoms with van der Waals surface area (Å²) in [6.07, 6.45) is 6.76. The van der Waals surface area contributed by atoms with E-state index >= 15 is 0 Å². The summed E-state index contributed by atoms with van der Waals surface area (Å²) in [7, 11) is 3.14. The van der Waals surface area contributed by atoms with Crippen molar-refractivity contribution in [2.45, 2.75) is 0 Å². The van der Waals surface area contributed by atoms with Gasteiger partial charge in [-0.3, -0.25) is 4.99 Å². The fourth-order valence-corrected chi connectivity index (χ4v) is 0.327. The Morgan fingerprint density at radius 3 is 2.62 bits per heavy atom. The van der Waals surface area contributed by atoms with E-state index in [4.69, 9.17) is 0 Å². The second kappa shape index (κ2) is 6.32. The molecule has 0 spiro atoms. The molecule has 0 unspecified atom stereocenters. The summed E-state index contributed by atoms with van der Waals surface area (Å²) in [4.78, 5) is 3.72. The molecule has 0 aliphatic heterocycles. The van der Waals surface area contributed by atoms with Crippen LogP contribution in [0.1, 0.15) is 0 Å². The zero-order valence-corrected chi connectivity index (χ0v) is 5.54. The number of nitrogens with zero attached hydrogens (tertiary/aromatic N) is 1. The second-order valence-corrected chi connectivity index (χ2v) is 1.37. The zero-order valence-electron chi connectivity index (χ0n) is 4.54. The van der Waals surface area contributed by atoms with E-state index in [0.29, 0.717) is 0 Å². The van der Waals surface area contributed by atoms with Crippen LogP contribution in [0.4, 0.5) is 0 Å². The third kappa shape index (κ3) is 5.32. The number of hydrogen-bond donors (Lipinski definition) is 0. The third-order valence-corrected chi connectivity index (χ3v) is 0.677. The Kier molecular flexibility index (Phi) is 5.78. The van der Waals surface area contributed by atoms with E-state index in [9.17, 15) is 0 Å². The molecule has 0 atom stereocenters. The molecule has 0 aromatic rings. The minimum atomic E-state index is 1.48. The molecular weight excluding hydrogens is 117 g/mol. The van der Waals surface area contributed by atoms with Gasteiger partial charge >= 0.3 is 0 Å². The highest BCUT2D eigenvalue weighted by atomic mass is 31.0. The largest absolute Gasteiger partial charge is 0.265 e. The Balaban J connectivity index is 3.41. The Hall–Kier alpha value is -0.680. The van der Waals surface area contributed by atoms with Gasteiger partial charge in [-0.2, -0.15) is 0 Å². The van der Waals surface area contributed by atoms with Gasteiger partial charge in [-0.25, -0.2) is 0 Å². The molecule has 0 saturated heterocycles. The lowest BCUT2D eigenvalue weighted by Gasteiger charge is -1.67. The van der Waals surface area contributed by atoms with Crippen LogP contribution in [-0.2, 0) is 0 Å². The van der Waals surface area contributed by atoms with Crippen molar-refractivity contribution in [3.05, 3.63) is 24.9 Å². The minimum Gasteiger partial charge on any atom is -0.265 e. The van der Waals surface area contributed by atoms with Crippen LogP contribution < -0.4 is 0 Å². The molecule has 0 aromatic carbocycles. The SMILES string of the molecule is C=C/N=C\C=C/C=P. The monoisotopic (exact) mass is 125 g/mol. The van der Waals surface area contributed by atoms with Crippen molar-refractivity contribution < 1.29 is 0 Å². The highest BCUT2D eigenvalue weighted by molar-refractivity contribution is 7.18. The maximum absolute atomic E-state index is 3.72. The van der Waals surface area contributed by atoms with E-state index in [1.807, 2.05) is 6.08 Å². The molecule has 0 radical (unpaired) electrons. The molecule has 0 aromatic heterocycles. The average Bonchev–Trinajstić information content (AvgIpc) is 1.81. The van der Waals surface area contributed by atoms with Gasteiger partial charge in [0.1, 0.15) is 0 Å². The first-order valence-corrected chi connectivity index (χ1v) is 2.79. The fourth-order valence-electron chi connectivity index (χ4n) is 0.216. The molecule has 0 aliphatic carbocycles. The first kappa shape index (κ1) is 7.32. The third-order valence-electron chi connectivity index (χ3n) is 0.485. The van der Waals surface area contributed by atoms with E-state index < -0.39 is 0 Å². The quantitative estimate of drug-likeness (QED) is 0.402. The Labute approximate surface area is 51.7 Å². The lowest BCUT2D eigenvalue weighted by Crippen LogP contribution is -1.59. The molecule has 0 rings (SSSR count). The molecule has 0 heterocycles. The molecule has 2 heteroatoms. The van der Waals surface area contributed by atoms with Gasteiger partial charge in [-0.05, 0) is 11.9 Å². The Morgan fingerprint density at radius 1 is 1.38 bits per heavy atom. The summed E-state index contributed by atoms with van der Waals surface area (Å²) in [6.45, 7) is 3.40. The molecule has 0 bridgehead atoms. The van der Waals surface area contributed by atoms with E-state index in [0.717, 1.165) is 0 Å². The van der Waals surface area contributed by atoms with Crippen molar-refractivity contribution in [1.82, 2.24) is 0 Å². The number of rotatable bonds is 3. The first-order valence-electron chi connectivity index (χ1n) is 2.21. The van der Waals surface area contributed by atoms with Gasteiger partial charge in [0.25, 0.3) is 0 Å². The molecule has 0 N–H and O–H groups in total. The Morgan fingerprint density at radius 2 is 2.12 bits per heavy atom. The van der Waals surface area contributed by atoms with Gasteiger partial charge in [0.15, 0.2) is 0 Å². The maximum Gasteiger partial charge on any atom is 0.0267 e. The molecule has 0 aliphatic rings. The van der Waals surface area contributed by atoms with Gasteiger partial charge in [-0.1, -0.05) is 12.7 Å². The second-order valence-electron chi connectivity index (χ2n) is 1.03. The van der Waals surface area contributed by atoms with Crippen LogP contribution in [0.2, 0.25) is 0 Å². The van der Waals surface area contributed by atoms with Crippen LogP contribution in [0.15, 0.2) is 29.9 Å². The molecule has 42 valence electrons. The predicted molar refractivity (Wildman–Crippen MR) is 42.2 cm³/mol. The van der Waals surface area contributed by atoms with Gasteiger partial charge in [0.2, 0.25) is 0 Å². The van der Waals surface area contributed by atoms with Crippen LogP contribution >= 0.6 is 8.86 Å². The van der Waals surface area contributed by atoms with Gasteiger partial charge < -0.3 is 0 Å². The van der Waals surface area contributed by atoms with E-state index in [1.54, 1.807) is 18.1 Å². The molecule has 8 heavy (non-hydrogen) atoms.